The van der Waals surface area contributed by atoms with E-state index in [4.69, 9.17) is 4.74 Å². The Hall–Kier alpha value is -2.29. The third-order valence-electron chi connectivity index (χ3n) is 4.20. The van der Waals surface area contributed by atoms with E-state index in [0.717, 1.165) is 0 Å². The summed E-state index contributed by atoms with van der Waals surface area (Å²) in [7, 11) is -3.90. The topological polar surface area (TPSA) is 59.5 Å². The summed E-state index contributed by atoms with van der Waals surface area (Å²) in [6.45, 7) is 2.24. The van der Waals surface area contributed by atoms with Crippen LogP contribution in [0.5, 0.6) is 5.75 Å². The number of hydrogen-bond acceptors (Lipinski definition) is 4. The molecule has 3 rings (SSSR count). The maximum atomic E-state index is 14.4. The maximum Gasteiger partial charge on any atom is 0.243 e. The van der Waals surface area contributed by atoms with Gasteiger partial charge in [-0.2, -0.15) is 4.31 Å². The molecule has 0 aliphatic carbocycles. The fourth-order valence-electron chi connectivity index (χ4n) is 2.76. The lowest BCUT2D eigenvalue weighted by Gasteiger charge is -2.22. The van der Waals surface area contributed by atoms with Crippen LogP contribution in [-0.4, -0.2) is 24.3 Å². The number of ether oxygens (including phenoxy) is 1. The van der Waals surface area contributed by atoms with E-state index >= 15 is 0 Å². The molecule has 0 fully saturated rings. The Bertz CT molecular complexity index is 1060. The molecule has 0 saturated heterocycles. The maximum absolute atomic E-state index is 14.4. The minimum Gasteiger partial charge on any atom is -0.494 e. The van der Waals surface area contributed by atoms with Gasteiger partial charge in [-0.3, -0.25) is 4.98 Å². The summed E-state index contributed by atoms with van der Waals surface area (Å²) in [5, 5.41) is 0. The van der Waals surface area contributed by atoms with Gasteiger partial charge in [0, 0.05) is 22.8 Å². The van der Waals surface area contributed by atoms with E-state index in [2.05, 4.69) is 20.9 Å². The zero-order valence-electron chi connectivity index (χ0n) is 15.8. The van der Waals surface area contributed by atoms with Gasteiger partial charge < -0.3 is 4.74 Å². The molecule has 5 nitrogen and oxygen atoms in total. The average molecular weight is 479 g/mol. The zero-order valence-corrected chi connectivity index (χ0v) is 18.2. The van der Waals surface area contributed by atoms with Crippen molar-refractivity contribution >= 4 is 26.0 Å². The van der Waals surface area contributed by atoms with E-state index in [1.54, 1.807) is 48.7 Å². The van der Waals surface area contributed by atoms with Crippen LogP contribution in [0.15, 0.2) is 76.2 Å². The van der Waals surface area contributed by atoms with E-state index in [1.165, 1.54) is 22.5 Å². The highest BCUT2D eigenvalue weighted by Gasteiger charge is 2.26. The van der Waals surface area contributed by atoms with Gasteiger partial charge in [-0.15, -0.1) is 0 Å². The minimum absolute atomic E-state index is 0.0197. The van der Waals surface area contributed by atoms with Crippen molar-refractivity contribution in [3.8, 4) is 5.75 Å². The Balaban J connectivity index is 1.96. The lowest BCUT2D eigenvalue weighted by atomic mass is 10.2. The van der Waals surface area contributed by atoms with Gasteiger partial charge in [-0.05, 0) is 55.5 Å². The third-order valence-corrected chi connectivity index (χ3v) is 6.50. The summed E-state index contributed by atoms with van der Waals surface area (Å²) >= 11 is 3.22. The van der Waals surface area contributed by atoms with Gasteiger partial charge in [-0.25, -0.2) is 12.8 Å². The molecule has 8 heteroatoms. The highest BCUT2D eigenvalue weighted by molar-refractivity contribution is 9.10. The molecule has 1 aromatic heterocycles. The molecular weight excluding hydrogens is 459 g/mol. The van der Waals surface area contributed by atoms with Gasteiger partial charge in [0.2, 0.25) is 10.0 Å². The number of hydrogen-bond donors (Lipinski definition) is 0. The number of rotatable bonds is 8. The number of halogens is 2. The molecule has 3 aromatic rings. The summed E-state index contributed by atoms with van der Waals surface area (Å²) in [5.41, 5.74) is 0.846. The summed E-state index contributed by atoms with van der Waals surface area (Å²) in [6.07, 6.45) is 1.59. The Kier molecular flexibility index (Phi) is 7.00. The number of aromatic nitrogens is 1. The summed E-state index contributed by atoms with van der Waals surface area (Å²) in [5.74, 6) is 0.106. The van der Waals surface area contributed by atoms with Crippen LogP contribution in [0.2, 0.25) is 0 Å². The van der Waals surface area contributed by atoms with Gasteiger partial charge in [0.15, 0.2) is 0 Å². The lowest BCUT2D eigenvalue weighted by Crippen LogP contribution is -2.31. The summed E-state index contributed by atoms with van der Waals surface area (Å²) < 4.78 is 48.2. The van der Waals surface area contributed by atoms with Crippen LogP contribution >= 0.6 is 15.9 Å². The summed E-state index contributed by atoms with van der Waals surface area (Å²) in [4.78, 5) is 4.32. The Labute approximate surface area is 178 Å². The molecule has 0 aliphatic rings. The van der Waals surface area contributed by atoms with Crippen molar-refractivity contribution in [3.05, 3.63) is 88.4 Å². The minimum atomic E-state index is -3.90. The van der Waals surface area contributed by atoms with Crippen molar-refractivity contribution in [2.75, 3.05) is 6.61 Å². The number of sulfonamides is 1. The van der Waals surface area contributed by atoms with Gasteiger partial charge >= 0.3 is 0 Å². The molecule has 0 saturated carbocycles. The lowest BCUT2D eigenvalue weighted by molar-refractivity contribution is 0.340. The zero-order chi connectivity index (χ0) is 20.9. The second-order valence-electron chi connectivity index (χ2n) is 6.23. The molecule has 0 N–H and O–H groups in total. The first kappa shape index (κ1) is 21.4. The van der Waals surface area contributed by atoms with Crippen LogP contribution < -0.4 is 4.74 Å². The second kappa shape index (κ2) is 9.47. The van der Waals surface area contributed by atoms with Crippen LogP contribution in [0, 0.1) is 5.82 Å². The molecule has 0 aliphatic heterocycles. The van der Waals surface area contributed by atoms with Crippen molar-refractivity contribution in [2.45, 2.75) is 24.9 Å². The molecule has 0 atom stereocenters. The SMILES string of the molecule is CCOc1ccc(S(=O)(=O)N(Cc2ccccn2)Cc2ccc(Br)cc2F)cc1. The smallest absolute Gasteiger partial charge is 0.243 e. The Morgan fingerprint density at radius 1 is 1.07 bits per heavy atom. The van der Waals surface area contributed by atoms with Crippen molar-refractivity contribution in [3.63, 3.8) is 0 Å². The van der Waals surface area contributed by atoms with Gasteiger partial charge in [0.1, 0.15) is 11.6 Å². The Morgan fingerprint density at radius 2 is 1.83 bits per heavy atom. The van der Waals surface area contributed by atoms with E-state index in [-0.39, 0.29) is 23.5 Å². The average Bonchev–Trinajstić information content (AvgIpc) is 2.71. The van der Waals surface area contributed by atoms with Crippen molar-refractivity contribution in [1.82, 2.24) is 9.29 Å². The van der Waals surface area contributed by atoms with Crippen molar-refractivity contribution in [2.24, 2.45) is 0 Å². The van der Waals surface area contributed by atoms with E-state index in [0.29, 0.717) is 22.5 Å². The van der Waals surface area contributed by atoms with Gasteiger partial charge in [0.05, 0.1) is 23.7 Å². The quantitative estimate of drug-likeness (QED) is 0.467. The number of nitrogens with zero attached hydrogens (tertiary/aromatic N) is 2. The third kappa shape index (κ3) is 5.41. The van der Waals surface area contributed by atoms with Crippen LogP contribution in [0.4, 0.5) is 4.39 Å². The molecule has 1 heterocycles. The fraction of sp³-hybridized carbons (Fsp3) is 0.190. The monoisotopic (exact) mass is 478 g/mol. The van der Waals surface area contributed by atoms with Crippen LogP contribution in [0.1, 0.15) is 18.2 Å². The molecule has 29 heavy (non-hydrogen) atoms. The van der Waals surface area contributed by atoms with Gasteiger partial charge in [0.25, 0.3) is 0 Å². The molecule has 0 radical (unpaired) electrons. The van der Waals surface area contributed by atoms with Crippen molar-refractivity contribution < 1.29 is 17.5 Å². The van der Waals surface area contributed by atoms with E-state index in [9.17, 15) is 12.8 Å². The van der Waals surface area contributed by atoms with Crippen LogP contribution in [0.3, 0.4) is 0 Å². The molecule has 0 unspecified atom stereocenters. The van der Waals surface area contributed by atoms with E-state index < -0.39 is 15.8 Å². The molecule has 2 aromatic carbocycles. The number of benzene rings is 2. The van der Waals surface area contributed by atoms with E-state index in [1.807, 2.05) is 6.92 Å². The predicted molar refractivity (Wildman–Crippen MR) is 112 cm³/mol. The standard InChI is InChI=1S/C21H20BrFN2O3S/c1-2-28-19-8-10-20(11-9-19)29(26,27)25(15-18-5-3-4-12-24-18)14-16-6-7-17(22)13-21(16)23/h3-13H,2,14-15H2,1H3. The normalized spacial score (nSPS) is 11.6. The first-order chi connectivity index (χ1) is 13.9. The molecule has 152 valence electrons. The molecule has 0 amide bonds. The van der Waals surface area contributed by atoms with Crippen LogP contribution in [-0.2, 0) is 23.1 Å². The largest absolute Gasteiger partial charge is 0.494 e. The first-order valence-corrected chi connectivity index (χ1v) is 11.2. The van der Waals surface area contributed by atoms with Crippen LogP contribution in [0.25, 0.3) is 0 Å². The predicted octanol–water partition coefficient (Wildman–Crippen LogP) is 4.77. The molecule has 0 spiro atoms. The highest BCUT2D eigenvalue weighted by Crippen LogP contribution is 2.25. The molecular formula is C21H20BrFN2O3S. The first-order valence-electron chi connectivity index (χ1n) is 8.97. The number of pyridine rings is 1. The fourth-order valence-corrected chi connectivity index (χ4v) is 4.48. The summed E-state index contributed by atoms with van der Waals surface area (Å²) in [6, 6.07) is 16.0. The van der Waals surface area contributed by atoms with Gasteiger partial charge in [-0.1, -0.05) is 28.1 Å². The highest BCUT2D eigenvalue weighted by atomic mass is 79.9. The van der Waals surface area contributed by atoms with Crippen molar-refractivity contribution in [1.29, 1.82) is 0 Å². The Morgan fingerprint density at radius 3 is 2.45 bits per heavy atom. The second-order valence-corrected chi connectivity index (χ2v) is 9.09. The molecule has 0 bridgehead atoms.